The fraction of sp³-hybridized carbons (Fsp3) is 0.264. The number of ether oxygens (including phenoxy) is 3. The minimum absolute atomic E-state index is 0.0189. The van der Waals surface area contributed by atoms with E-state index in [4.69, 9.17) is 50.7 Å². The zero-order chi connectivity index (χ0) is 82.2. The minimum atomic E-state index is -0.826. The van der Waals surface area contributed by atoms with E-state index < -0.39 is 79.7 Å². The predicted octanol–water partition coefficient (Wildman–Crippen LogP) is 13.6. The fourth-order valence-electron chi connectivity index (χ4n) is 15.8. The molecule has 0 radical (unpaired) electrons. The number of likely N-dealkylation sites (N-methyl/N-ethyl adjacent to an activating group) is 1. The van der Waals surface area contributed by atoms with Crippen molar-refractivity contribution in [2.24, 2.45) is 0 Å². The highest BCUT2D eigenvalue weighted by Crippen LogP contribution is 2.49. The summed E-state index contributed by atoms with van der Waals surface area (Å²) in [4.78, 5) is 87.7. The molecule has 0 amide bonds. The first-order chi connectivity index (χ1) is 56.1. The Labute approximate surface area is 688 Å². The van der Waals surface area contributed by atoms with Gasteiger partial charge in [0.25, 0.3) is 16.7 Å². The second-order valence-corrected chi connectivity index (χ2v) is 34.3. The average Bonchev–Trinajstić information content (AvgIpc) is 1.59. The van der Waals surface area contributed by atoms with Crippen LogP contribution >= 0.6 is 58.5 Å². The largest absolute Gasteiger partial charge is 0.505 e. The first-order valence-corrected chi connectivity index (χ1v) is 40.8. The molecule has 0 aliphatic carbocycles. The number of hydrogen-bond donors (Lipinski definition) is 5. The number of aromatic hydroxyl groups is 3. The molecule has 5 aliphatic heterocycles. The second kappa shape index (κ2) is 32.4. The lowest BCUT2D eigenvalue weighted by molar-refractivity contribution is 0.00464. The highest BCUT2D eigenvalue weighted by atomic mass is 35.5. The number of morpholine rings is 1. The average molecular weight is 1680 g/mol. The lowest BCUT2D eigenvalue weighted by Crippen LogP contribution is -2.47. The summed E-state index contributed by atoms with van der Waals surface area (Å²) in [6, 6.07) is 44.7. The van der Waals surface area contributed by atoms with Crippen molar-refractivity contribution in [1.29, 1.82) is 0 Å². The van der Waals surface area contributed by atoms with Crippen molar-refractivity contribution in [1.82, 2.24) is 28.4 Å². The third-order valence-corrected chi connectivity index (χ3v) is 25.4. The van der Waals surface area contributed by atoms with Crippen LogP contribution in [0.25, 0.3) is 55.2 Å². The molecule has 13 aromatic rings. The van der Waals surface area contributed by atoms with E-state index in [-0.39, 0.29) is 72.6 Å². The quantitative estimate of drug-likeness (QED) is 0.0529. The molecule has 30 heteroatoms. The number of aliphatic hydroxyl groups is 2. The third-order valence-electron chi connectivity index (χ3n) is 21.7. The molecule has 11 heterocycles. The van der Waals surface area contributed by atoms with Gasteiger partial charge in [0.1, 0.15) is 90.6 Å². The molecule has 5 aliphatic rings. The van der Waals surface area contributed by atoms with Gasteiger partial charge in [-0.1, -0.05) is 129 Å². The molecule has 2 saturated heterocycles. The van der Waals surface area contributed by atoms with Crippen LogP contribution in [0, 0.1) is 11.6 Å². The molecule has 7 aromatic carbocycles. The number of benzene rings is 7. The van der Waals surface area contributed by atoms with Gasteiger partial charge in [0.2, 0.25) is 0 Å². The van der Waals surface area contributed by atoms with Gasteiger partial charge in [0.05, 0.1) is 36.1 Å². The van der Waals surface area contributed by atoms with E-state index in [1.165, 1.54) is 45.5 Å². The SMILES string of the molecule is CC1(C)c2cc(OCC(O)CN3CCOCC3)ccc2-n2c1cc1oc(=O)c(Sc3cccc(F)c3)c(O)c1c2=O.CN1CCN(CC(O)COc2ccc3c(c2)C(C)(C)c2cc4oc(=O)c(Sc5cccc(F)c5)c(O)c4c(=O)n2-3)CC1.O=c1oc2c(c(O)c1Sc1cccc(Cl)c1)c(=O)n1c3c(cccc23)CC1c1ccc(Cl)cc1. The van der Waals surface area contributed by atoms with E-state index in [1.807, 2.05) is 64.1 Å². The van der Waals surface area contributed by atoms with Crippen LogP contribution in [0.2, 0.25) is 10.0 Å². The molecule has 117 heavy (non-hydrogen) atoms. The van der Waals surface area contributed by atoms with Crippen molar-refractivity contribution in [2.75, 3.05) is 85.8 Å². The molecular formula is C87H76Cl2F2N6O17S3. The van der Waals surface area contributed by atoms with E-state index in [1.54, 1.807) is 95.6 Å². The fourth-order valence-corrected chi connectivity index (χ4v) is 18.8. The molecule has 0 bridgehead atoms. The molecule has 3 unspecified atom stereocenters. The lowest BCUT2D eigenvalue weighted by atomic mass is 9.83. The topological polar surface area (TPSA) is 295 Å². The van der Waals surface area contributed by atoms with Crippen LogP contribution in [0.1, 0.15) is 67.4 Å². The summed E-state index contributed by atoms with van der Waals surface area (Å²) in [6.07, 6.45) is -0.727. The Morgan fingerprint density at radius 2 is 0.974 bits per heavy atom. The summed E-state index contributed by atoms with van der Waals surface area (Å²) in [7, 11) is 2.09. The highest BCUT2D eigenvalue weighted by molar-refractivity contribution is 8.00. The molecular weight excluding hydrogens is 1610 g/mol. The van der Waals surface area contributed by atoms with E-state index in [2.05, 4.69) is 21.7 Å². The molecule has 2 fully saturated rings. The Bertz CT molecular complexity index is 6540. The van der Waals surface area contributed by atoms with Gasteiger partial charge in [0.15, 0.2) is 22.8 Å². The number of halogens is 4. The van der Waals surface area contributed by atoms with Gasteiger partial charge in [-0.15, -0.1) is 0 Å². The number of nitrogens with zero attached hydrogens (tertiary/aromatic N) is 6. The summed E-state index contributed by atoms with van der Waals surface area (Å²) < 4.78 is 66.1. The Balaban J connectivity index is 0.000000132. The van der Waals surface area contributed by atoms with Crippen molar-refractivity contribution in [2.45, 2.75) is 92.6 Å². The van der Waals surface area contributed by atoms with Crippen LogP contribution in [0.4, 0.5) is 8.78 Å². The molecule has 5 N–H and O–H groups in total. The number of fused-ring (bicyclic) bond motifs is 10. The summed E-state index contributed by atoms with van der Waals surface area (Å²) in [5.41, 5.74) is 1.49. The Hall–Kier alpha value is -10.5. The van der Waals surface area contributed by atoms with Gasteiger partial charge in [-0.3, -0.25) is 37.9 Å². The number of aromatic nitrogens is 3. The molecule has 6 aromatic heterocycles. The number of pyridine rings is 3. The molecule has 23 nitrogen and oxygen atoms in total. The van der Waals surface area contributed by atoms with Gasteiger partial charge in [-0.05, 0) is 145 Å². The van der Waals surface area contributed by atoms with Gasteiger partial charge in [-0.25, -0.2) is 23.2 Å². The smallest absolute Gasteiger partial charge is 0.354 e. The van der Waals surface area contributed by atoms with E-state index in [0.717, 1.165) is 96.8 Å². The van der Waals surface area contributed by atoms with Gasteiger partial charge in [0, 0.05) is 117 Å². The van der Waals surface area contributed by atoms with Crippen molar-refractivity contribution in [3.63, 3.8) is 0 Å². The Morgan fingerprint density at radius 3 is 1.47 bits per heavy atom. The third kappa shape index (κ3) is 15.6. The lowest BCUT2D eigenvalue weighted by Gasteiger charge is -2.33. The Kier molecular flexibility index (Phi) is 22.3. The monoisotopic (exact) mass is 1680 g/mol. The number of β-amino-alcohol motifs (C(OH)–C–C–N with tert-alkyl or cyclic N) is 2. The number of hydrogen-bond acceptors (Lipinski definition) is 23. The number of para-hydroxylation sites is 1. The van der Waals surface area contributed by atoms with Crippen LogP contribution in [-0.4, -0.2) is 152 Å². The first-order valence-electron chi connectivity index (χ1n) is 37.5. The maximum atomic E-state index is 13.9. The van der Waals surface area contributed by atoms with E-state index >= 15 is 0 Å². The summed E-state index contributed by atoms with van der Waals surface area (Å²) in [5.74, 6) is -1.28. The first kappa shape index (κ1) is 80.3. The summed E-state index contributed by atoms with van der Waals surface area (Å²) >= 11 is 14.8. The van der Waals surface area contributed by atoms with E-state index in [0.29, 0.717) is 103 Å². The molecule has 0 spiro atoms. The highest BCUT2D eigenvalue weighted by Gasteiger charge is 2.42. The van der Waals surface area contributed by atoms with Gasteiger partial charge in [-0.2, -0.15) is 0 Å². The Morgan fingerprint density at radius 1 is 0.513 bits per heavy atom. The summed E-state index contributed by atoms with van der Waals surface area (Å²) in [5, 5.41) is 55.9. The van der Waals surface area contributed by atoms with Crippen molar-refractivity contribution in [3.05, 3.63) is 281 Å². The molecule has 18 rings (SSSR count). The molecule has 602 valence electrons. The number of piperazine rings is 1. The number of aliphatic hydroxyl groups excluding tert-OH is 2. The van der Waals surface area contributed by atoms with Crippen LogP contribution in [0.3, 0.4) is 0 Å². The minimum Gasteiger partial charge on any atom is -0.505 e. The standard InChI is InChI=1S/C31H32FN3O6S.C30H29FN2O7S.C26H15Cl2NO4S/c1-31(2)22-14-20(40-17-19(36)16-34-11-9-33(3)10-12-34)7-8-23(22)35-25(31)15-24-26(29(35)38)27(37)28(30(39)41-24)42-21-6-4-5-18(32)13-21;1-30(2)21-13-19(39-16-18(34)15-32-8-10-38-11-9-32)6-7-22(21)33-24(30)14-23-25(28(33)36)26(35)27(29(37)40-23)41-20-5-3-4-17(31)12-20;27-15-9-7-13(8-10-15)19-11-14-3-1-6-18-21(14)29(19)25(31)20-22(30)24(26(32)33-23(18)20)34-17-5-2-4-16(28)12-17/h4-8,13-15,19,36-37H,9-12,16-17H2,1-3H3;3-7,12-14,18,34-35H,8-11,15-16H2,1-2H3;1-10,12,19,30H,11H2. The van der Waals surface area contributed by atoms with Crippen LogP contribution < -0.4 is 43.0 Å². The summed E-state index contributed by atoms with van der Waals surface area (Å²) in [6.45, 7) is 15.6. The van der Waals surface area contributed by atoms with Crippen LogP contribution in [0.5, 0.6) is 28.7 Å². The van der Waals surface area contributed by atoms with Crippen molar-refractivity contribution in [3.8, 4) is 40.1 Å². The van der Waals surface area contributed by atoms with Crippen LogP contribution in [0.15, 0.2) is 235 Å². The van der Waals surface area contributed by atoms with Crippen molar-refractivity contribution >= 4 is 102 Å². The predicted molar refractivity (Wildman–Crippen MR) is 444 cm³/mol. The molecule has 3 atom stereocenters. The van der Waals surface area contributed by atoms with Gasteiger partial charge < -0.3 is 57.9 Å². The maximum Gasteiger partial charge on any atom is 0.354 e. The normalized spacial score (nSPS) is 16.4. The second-order valence-electron chi connectivity index (χ2n) is 30.2. The van der Waals surface area contributed by atoms with Crippen LogP contribution in [-0.2, 0) is 22.0 Å². The zero-order valence-electron chi connectivity index (χ0n) is 63.6. The maximum absolute atomic E-state index is 13.9. The number of rotatable bonds is 17. The van der Waals surface area contributed by atoms with Crippen molar-refractivity contribution < 1.29 is 61.8 Å². The molecule has 0 saturated carbocycles. The van der Waals surface area contributed by atoms with E-state index in [9.17, 15) is 63.1 Å². The zero-order valence-corrected chi connectivity index (χ0v) is 67.5. The van der Waals surface area contributed by atoms with Gasteiger partial charge >= 0.3 is 16.9 Å².